The average Bonchev–Trinajstić information content (AvgIpc) is 3.16. The third-order valence-corrected chi connectivity index (χ3v) is 3.46. The lowest BCUT2D eigenvalue weighted by Gasteiger charge is -2.06. The van der Waals surface area contributed by atoms with E-state index in [1.807, 2.05) is 25.1 Å². The second-order valence-electron chi connectivity index (χ2n) is 5.12. The van der Waals surface area contributed by atoms with E-state index in [0.717, 1.165) is 22.5 Å². The van der Waals surface area contributed by atoms with Crippen molar-refractivity contribution >= 4 is 17.0 Å². The van der Waals surface area contributed by atoms with Crippen molar-refractivity contribution in [1.82, 2.24) is 15.0 Å². The van der Waals surface area contributed by atoms with Crippen molar-refractivity contribution in [3.8, 4) is 11.5 Å². The third kappa shape index (κ3) is 1.91. The molecule has 1 saturated carbocycles. The SMILES string of the molecule is Cc1ccnc2oc(-c3cccnc3NC3CC3)nc12. The van der Waals surface area contributed by atoms with Gasteiger partial charge in [0.2, 0.25) is 11.6 Å². The Bertz CT molecular complexity index is 776. The summed E-state index contributed by atoms with van der Waals surface area (Å²) >= 11 is 0. The summed E-state index contributed by atoms with van der Waals surface area (Å²) in [6.45, 7) is 2.00. The minimum Gasteiger partial charge on any atom is -0.418 e. The maximum atomic E-state index is 5.78. The molecule has 1 N–H and O–H groups in total. The fourth-order valence-corrected chi connectivity index (χ4v) is 2.18. The van der Waals surface area contributed by atoms with Crippen molar-refractivity contribution in [1.29, 1.82) is 0 Å². The summed E-state index contributed by atoms with van der Waals surface area (Å²) in [6, 6.07) is 6.33. The van der Waals surface area contributed by atoms with E-state index in [-0.39, 0.29) is 0 Å². The Morgan fingerprint density at radius 2 is 2.10 bits per heavy atom. The van der Waals surface area contributed by atoms with Crippen LogP contribution in [0, 0.1) is 6.92 Å². The van der Waals surface area contributed by atoms with E-state index in [4.69, 9.17) is 4.42 Å². The van der Waals surface area contributed by atoms with Crippen LogP contribution in [0.25, 0.3) is 22.7 Å². The molecule has 0 saturated heterocycles. The molecule has 0 aromatic carbocycles. The van der Waals surface area contributed by atoms with Gasteiger partial charge >= 0.3 is 0 Å². The van der Waals surface area contributed by atoms with E-state index in [1.54, 1.807) is 12.4 Å². The highest BCUT2D eigenvalue weighted by Gasteiger charge is 2.24. The molecule has 3 aromatic rings. The van der Waals surface area contributed by atoms with Crippen LogP contribution < -0.4 is 5.32 Å². The second-order valence-corrected chi connectivity index (χ2v) is 5.12. The number of hydrogen-bond donors (Lipinski definition) is 1. The number of pyridine rings is 2. The number of nitrogens with zero attached hydrogens (tertiary/aromatic N) is 3. The topological polar surface area (TPSA) is 63.8 Å². The van der Waals surface area contributed by atoms with Gasteiger partial charge in [0.1, 0.15) is 11.3 Å². The van der Waals surface area contributed by atoms with Crippen LogP contribution in [0.1, 0.15) is 18.4 Å². The van der Waals surface area contributed by atoms with E-state index >= 15 is 0 Å². The Hall–Kier alpha value is -2.43. The zero-order chi connectivity index (χ0) is 13.5. The Kier molecular flexibility index (Phi) is 2.45. The highest BCUT2D eigenvalue weighted by molar-refractivity contribution is 5.78. The molecule has 1 fully saturated rings. The van der Waals surface area contributed by atoms with Gasteiger partial charge in [0.25, 0.3) is 0 Å². The molecule has 100 valence electrons. The van der Waals surface area contributed by atoms with Gasteiger partial charge in [0.05, 0.1) is 5.56 Å². The molecule has 0 unspecified atom stereocenters. The number of aromatic nitrogens is 3. The standard InChI is InChI=1S/C15H14N4O/c1-9-6-8-17-15-12(9)19-14(20-15)11-3-2-7-16-13(11)18-10-4-5-10/h2-3,6-8,10H,4-5H2,1H3,(H,16,18). The molecule has 0 radical (unpaired) electrons. The summed E-state index contributed by atoms with van der Waals surface area (Å²) in [6.07, 6.45) is 5.91. The van der Waals surface area contributed by atoms with Gasteiger partial charge in [-0.15, -0.1) is 0 Å². The Morgan fingerprint density at radius 3 is 2.90 bits per heavy atom. The van der Waals surface area contributed by atoms with Gasteiger partial charge in [0, 0.05) is 18.4 Å². The van der Waals surface area contributed by atoms with Crippen LogP contribution in [-0.4, -0.2) is 21.0 Å². The Morgan fingerprint density at radius 1 is 1.20 bits per heavy atom. The molecule has 0 spiro atoms. The molecule has 3 aromatic heterocycles. The van der Waals surface area contributed by atoms with Crippen molar-refractivity contribution in [2.24, 2.45) is 0 Å². The first-order chi connectivity index (χ1) is 9.81. The van der Waals surface area contributed by atoms with Crippen molar-refractivity contribution in [2.75, 3.05) is 5.32 Å². The number of aryl methyl sites for hydroxylation is 1. The van der Waals surface area contributed by atoms with Crippen LogP contribution in [-0.2, 0) is 0 Å². The number of hydrogen-bond acceptors (Lipinski definition) is 5. The third-order valence-electron chi connectivity index (χ3n) is 3.46. The zero-order valence-electron chi connectivity index (χ0n) is 11.1. The number of anilines is 1. The molecular formula is C15H14N4O. The first-order valence-electron chi connectivity index (χ1n) is 6.75. The lowest BCUT2D eigenvalue weighted by atomic mass is 10.2. The van der Waals surface area contributed by atoms with Crippen LogP contribution in [0.3, 0.4) is 0 Å². The molecule has 5 nitrogen and oxygen atoms in total. The molecule has 20 heavy (non-hydrogen) atoms. The zero-order valence-corrected chi connectivity index (χ0v) is 11.1. The van der Waals surface area contributed by atoms with Crippen molar-refractivity contribution in [3.05, 3.63) is 36.2 Å². The fraction of sp³-hybridized carbons (Fsp3) is 0.267. The normalized spacial score (nSPS) is 14.7. The lowest BCUT2D eigenvalue weighted by Crippen LogP contribution is -2.04. The number of fused-ring (bicyclic) bond motifs is 1. The fourth-order valence-electron chi connectivity index (χ4n) is 2.18. The first-order valence-corrected chi connectivity index (χ1v) is 6.75. The predicted octanol–water partition coefficient (Wildman–Crippen LogP) is 3.17. The van der Waals surface area contributed by atoms with Crippen LogP contribution >= 0.6 is 0 Å². The predicted molar refractivity (Wildman–Crippen MR) is 76.4 cm³/mol. The summed E-state index contributed by atoms with van der Waals surface area (Å²) in [5, 5.41) is 3.41. The van der Waals surface area contributed by atoms with E-state index in [9.17, 15) is 0 Å². The summed E-state index contributed by atoms with van der Waals surface area (Å²) in [4.78, 5) is 13.2. The quantitative estimate of drug-likeness (QED) is 0.788. The van der Waals surface area contributed by atoms with Crippen LogP contribution in [0.15, 0.2) is 35.0 Å². The minimum atomic E-state index is 0.535. The van der Waals surface area contributed by atoms with E-state index in [2.05, 4.69) is 20.3 Å². The van der Waals surface area contributed by atoms with Crippen LogP contribution in [0.4, 0.5) is 5.82 Å². The van der Waals surface area contributed by atoms with Crippen LogP contribution in [0.5, 0.6) is 0 Å². The van der Waals surface area contributed by atoms with Gasteiger partial charge in [-0.3, -0.25) is 0 Å². The second kappa shape index (κ2) is 4.30. The highest BCUT2D eigenvalue weighted by Crippen LogP contribution is 2.32. The van der Waals surface area contributed by atoms with Gasteiger partial charge < -0.3 is 9.73 Å². The molecule has 4 rings (SSSR count). The number of oxazole rings is 1. The molecule has 1 aliphatic rings. The van der Waals surface area contributed by atoms with Crippen molar-refractivity contribution in [3.63, 3.8) is 0 Å². The maximum absolute atomic E-state index is 5.78. The molecular weight excluding hydrogens is 252 g/mol. The highest BCUT2D eigenvalue weighted by atomic mass is 16.4. The lowest BCUT2D eigenvalue weighted by molar-refractivity contribution is 0.607. The number of nitrogens with one attached hydrogen (secondary N) is 1. The largest absolute Gasteiger partial charge is 0.418 e. The Labute approximate surface area is 116 Å². The van der Waals surface area contributed by atoms with E-state index in [1.165, 1.54) is 12.8 Å². The van der Waals surface area contributed by atoms with E-state index in [0.29, 0.717) is 17.6 Å². The molecule has 1 aliphatic carbocycles. The van der Waals surface area contributed by atoms with Gasteiger partial charge in [0.15, 0.2) is 0 Å². The van der Waals surface area contributed by atoms with Gasteiger partial charge in [-0.25, -0.2) is 15.0 Å². The first kappa shape index (κ1) is 11.4. The monoisotopic (exact) mass is 266 g/mol. The van der Waals surface area contributed by atoms with Gasteiger partial charge in [-0.05, 0) is 43.5 Å². The summed E-state index contributed by atoms with van der Waals surface area (Å²) in [5.74, 6) is 1.40. The maximum Gasteiger partial charge on any atom is 0.247 e. The molecule has 0 aliphatic heterocycles. The molecule has 3 heterocycles. The van der Waals surface area contributed by atoms with Crippen molar-refractivity contribution < 1.29 is 4.42 Å². The smallest absolute Gasteiger partial charge is 0.247 e. The molecule has 0 atom stereocenters. The minimum absolute atomic E-state index is 0.535. The van der Waals surface area contributed by atoms with Gasteiger partial charge in [-0.1, -0.05) is 0 Å². The molecule has 5 heteroatoms. The van der Waals surface area contributed by atoms with Gasteiger partial charge in [-0.2, -0.15) is 0 Å². The molecule has 0 amide bonds. The van der Waals surface area contributed by atoms with Crippen molar-refractivity contribution in [2.45, 2.75) is 25.8 Å². The molecule has 0 bridgehead atoms. The summed E-state index contributed by atoms with van der Waals surface area (Å²) in [7, 11) is 0. The average molecular weight is 266 g/mol. The van der Waals surface area contributed by atoms with Crippen LogP contribution in [0.2, 0.25) is 0 Å². The summed E-state index contributed by atoms with van der Waals surface area (Å²) in [5.41, 5.74) is 3.33. The summed E-state index contributed by atoms with van der Waals surface area (Å²) < 4.78 is 5.78. The van der Waals surface area contributed by atoms with E-state index < -0.39 is 0 Å². The Balaban J connectivity index is 1.83. The number of rotatable bonds is 3.